The number of rotatable bonds is 2. The molecule has 2 rings (SSSR count). The molecule has 5 heteroatoms. The third-order valence-electron chi connectivity index (χ3n) is 2.84. The van der Waals surface area contributed by atoms with Crippen molar-refractivity contribution in [2.24, 2.45) is 5.92 Å². The van der Waals surface area contributed by atoms with Crippen LogP contribution in [0.4, 0.5) is 0 Å². The molecule has 1 atom stereocenters. The van der Waals surface area contributed by atoms with Crippen LogP contribution in [0.15, 0.2) is 36.5 Å². The summed E-state index contributed by atoms with van der Waals surface area (Å²) < 4.78 is 0. The number of nitrogens with one attached hydrogen (secondary N) is 2. The number of hydrogen-bond donors (Lipinski definition) is 2. The molecule has 0 fully saturated rings. The third-order valence-corrected chi connectivity index (χ3v) is 2.84. The van der Waals surface area contributed by atoms with Crippen molar-refractivity contribution in [1.82, 2.24) is 15.8 Å². The van der Waals surface area contributed by atoms with Crippen molar-refractivity contribution in [2.75, 3.05) is 0 Å². The predicted molar refractivity (Wildman–Crippen MR) is 66.3 cm³/mol. The van der Waals surface area contributed by atoms with Crippen LogP contribution < -0.4 is 10.9 Å². The SMILES string of the molecule is O=C(NNC(=O)[C@H]1CC=CCC1)c1ccccn1. The Morgan fingerprint density at radius 3 is 2.78 bits per heavy atom. The summed E-state index contributed by atoms with van der Waals surface area (Å²) in [5.41, 5.74) is 5.09. The lowest BCUT2D eigenvalue weighted by atomic mass is 9.94. The molecule has 1 aromatic rings. The first-order chi connectivity index (χ1) is 8.77. The average molecular weight is 245 g/mol. The van der Waals surface area contributed by atoms with Gasteiger partial charge in [0.15, 0.2) is 0 Å². The number of nitrogens with zero attached hydrogens (tertiary/aromatic N) is 1. The molecule has 5 nitrogen and oxygen atoms in total. The number of pyridine rings is 1. The van der Waals surface area contributed by atoms with Gasteiger partial charge >= 0.3 is 0 Å². The normalized spacial score (nSPS) is 18.1. The Kier molecular flexibility index (Phi) is 4.06. The summed E-state index contributed by atoms with van der Waals surface area (Å²) in [7, 11) is 0. The summed E-state index contributed by atoms with van der Waals surface area (Å²) in [6.45, 7) is 0. The molecule has 1 heterocycles. The van der Waals surface area contributed by atoms with Gasteiger partial charge in [-0.2, -0.15) is 0 Å². The van der Waals surface area contributed by atoms with Crippen LogP contribution in [0.3, 0.4) is 0 Å². The highest BCUT2D eigenvalue weighted by molar-refractivity contribution is 5.93. The summed E-state index contributed by atoms with van der Waals surface area (Å²) in [6.07, 6.45) is 8.05. The maximum absolute atomic E-state index is 11.8. The van der Waals surface area contributed by atoms with Crippen molar-refractivity contribution in [1.29, 1.82) is 0 Å². The number of aromatic nitrogens is 1. The van der Waals surface area contributed by atoms with E-state index in [0.717, 1.165) is 19.3 Å². The molecule has 0 unspecified atom stereocenters. The number of hydrazine groups is 1. The lowest BCUT2D eigenvalue weighted by Gasteiger charge is -2.17. The van der Waals surface area contributed by atoms with E-state index in [1.807, 2.05) is 6.08 Å². The lowest BCUT2D eigenvalue weighted by molar-refractivity contribution is -0.126. The van der Waals surface area contributed by atoms with Gasteiger partial charge in [-0.15, -0.1) is 0 Å². The van der Waals surface area contributed by atoms with Crippen molar-refractivity contribution in [3.8, 4) is 0 Å². The van der Waals surface area contributed by atoms with Gasteiger partial charge in [0.1, 0.15) is 5.69 Å². The maximum atomic E-state index is 11.8. The predicted octanol–water partition coefficient (Wildman–Crippen LogP) is 1.20. The Morgan fingerprint density at radius 1 is 1.22 bits per heavy atom. The van der Waals surface area contributed by atoms with Gasteiger partial charge < -0.3 is 0 Å². The van der Waals surface area contributed by atoms with Crippen LogP contribution in [0.25, 0.3) is 0 Å². The molecular formula is C13H15N3O2. The smallest absolute Gasteiger partial charge is 0.273 e. The third kappa shape index (κ3) is 3.16. The van der Waals surface area contributed by atoms with Crippen LogP contribution in [0.5, 0.6) is 0 Å². The molecule has 18 heavy (non-hydrogen) atoms. The quantitative estimate of drug-likeness (QED) is 0.607. The highest BCUT2D eigenvalue weighted by Gasteiger charge is 2.19. The highest BCUT2D eigenvalue weighted by Crippen LogP contribution is 2.17. The van der Waals surface area contributed by atoms with E-state index in [4.69, 9.17) is 0 Å². The van der Waals surface area contributed by atoms with Crippen molar-refractivity contribution in [3.05, 3.63) is 42.2 Å². The zero-order valence-electron chi connectivity index (χ0n) is 9.93. The molecule has 1 aliphatic rings. The molecule has 0 radical (unpaired) electrons. The van der Waals surface area contributed by atoms with Gasteiger partial charge in [0.25, 0.3) is 5.91 Å². The first-order valence-electron chi connectivity index (χ1n) is 5.93. The molecular weight excluding hydrogens is 230 g/mol. The van der Waals surface area contributed by atoms with E-state index in [1.54, 1.807) is 18.2 Å². The fourth-order valence-corrected chi connectivity index (χ4v) is 1.81. The molecule has 0 bridgehead atoms. The Morgan fingerprint density at radius 2 is 2.11 bits per heavy atom. The van der Waals surface area contributed by atoms with E-state index in [2.05, 4.69) is 21.9 Å². The molecule has 2 N–H and O–H groups in total. The van der Waals surface area contributed by atoms with Crippen molar-refractivity contribution < 1.29 is 9.59 Å². The average Bonchev–Trinajstić information content (AvgIpc) is 2.46. The van der Waals surface area contributed by atoms with Crippen LogP contribution >= 0.6 is 0 Å². The minimum Gasteiger partial charge on any atom is -0.273 e. The molecule has 1 aromatic heterocycles. The summed E-state index contributed by atoms with van der Waals surface area (Å²) in [6, 6.07) is 5.03. The molecule has 0 spiro atoms. The van der Waals surface area contributed by atoms with E-state index < -0.39 is 5.91 Å². The van der Waals surface area contributed by atoms with Gasteiger partial charge in [0, 0.05) is 12.1 Å². The summed E-state index contributed by atoms with van der Waals surface area (Å²) >= 11 is 0. The first kappa shape index (κ1) is 12.3. The van der Waals surface area contributed by atoms with Crippen LogP contribution in [-0.4, -0.2) is 16.8 Å². The lowest BCUT2D eigenvalue weighted by Crippen LogP contribution is -2.44. The largest absolute Gasteiger partial charge is 0.288 e. The van der Waals surface area contributed by atoms with Gasteiger partial charge in [-0.05, 0) is 31.4 Å². The first-order valence-corrected chi connectivity index (χ1v) is 5.93. The van der Waals surface area contributed by atoms with Crippen LogP contribution in [0.1, 0.15) is 29.8 Å². The van der Waals surface area contributed by atoms with Crippen molar-refractivity contribution >= 4 is 11.8 Å². The molecule has 0 aliphatic heterocycles. The number of carbonyl (C=O) groups is 2. The Bertz CT molecular complexity index is 457. The van der Waals surface area contributed by atoms with Gasteiger partial charge in [0.2, 0.25) is 5.91 Å². The highest BCUT2D eigenvalue weighted by atomic mass is 16.2. The number of amides is 2. The van der Waals surface area contributed by atoms with Crippen molar-refractivity contribution in [3.63, 3.8) is 0 Å². The van der Waals surface area contributed by atoms with E-state index >= 15 is 0 Å². The second-order valence-electron chi connectivity index (χ2n) is 4.14. The molecule has 1 aliphatic carbocycles. The zero-order chi connectivity index (χ0) is 12.8. The summed E-state index contributed by atoms with van der Waals surface area (Å²) in [5.74, 6) is -0.613. The minimum atomic E-state index is -0.407. The van der Waals surface area contributed by atoms with E-state index in [9.17, 15) is 9.59 Å². The monoisotopic (exact) mass is 245 g/mol. The molecule has 2 amide bonds. The van der Waals surface area contributed by atoms with Crippen molar-refractivity contribution in [2.45, 2.75) is 19.3 Å². The topological polar surface area (TPSA) is 71.1 Å². The fourth-order valence-electron chi connectivity index (χ4n) is 1.81. The fraction of sp³-hybridized carbons (Fsp3) is 0.308. The van der Waals surface area contributed by atoms with Crippen LogP contribution in [-0.2, 0) is 4.79 Å². The van der Waals surface area contributed by atoms with E-state index in [1.165, 1.54) is 6.20 Å². The van der Waals surface area contributed by atoms with E-state index in [-0.39, 0.29) is 17.5 Å². The Labute approximate surface area is 105 Å². The second kappa shape index (κ2) is 5.95. The summed E-state index contributed by atoms with van der Waals surface area (Å²) in [5, 5.41) is 0. The molecule has 94 valence electrons. The van der Waals surface area contributed by atoms with E-state index in [0.29, 0.717) is 0 Å². The summed E-state index contributed by atoms with van der Waals surface area (Å²) in [4.78, 5) is 27.3. The maximum Gasteiger partial charge on any atom is 0.288 e. The zero-order valence-corrected chi connectivity index (χ0v) is 9.93. The Hall–Kier alpha value is -2.17. The van der Waals surface area contributed by atoms with Crippen LogP contribution in [0, 0.1) is 5.92 Å². The molecule has 0 saturated heterocycles. The minimum absolute atomic E-state index is 0.0565. The van der Waals surface area contributed by atoms with Gasteiger partial charge in [0.05, 0.1) is 0 Å². The van der Waals surface area contributed by atoms with Gasteiger partial charge in [-0.25, -0.2) is 0 Å². The standard InChI is InChI=1S/C13H15N3O2/c17-12(10-6-2-1-3-7-10)15-16-13(18)11-8-4-5-9-14-11/h1-2,4-5,8-10H,3,6-7H2,(H,15,17)(H,16,18)/t10-/m0/s1. The number of carbonyl (C=O) groups excluding carboxylic acids is 2. The number of allylic oxidation sites excluding steroid dienone is 2. The Balaban J connectivity index is 1.83. The second-order valence-corrected chi connectivity index (χ2v) is 4.14. The van der Waals surface area contributed by atoms with Crippen LogP contribution in [0.2, 0.25) is 0 Å². The van der Waals surface area contributed by atoms with Gasteiger partial charge in [-0.1, -0.05) is 18.2 Å². The molecule has 0 aromatic carbocycles. The van der Waals surface area contributed by atoms with Gasteiger partial charge in [-0.3, -0.25) is 25.4 Å². The number of hydrogen-bond acceptors (Lipinski definition) is 3. The molecule has 0 saturated carbocycles.